The molecule has 1 aromatic heterocycles. The third kappa shape index (κ3) is 6.52. The van der Waals surface area contributed by atoms with Crippen LogP contribution < -0.4 is 14.2 Å². The maximum atomic E-state index is 12.5. The summed E-state index contributed by atoms with van der Waals surface area (Å²) in [6, 6.07) is 8.12. The van der Waals surface area contributed by atoms with Crippen molar-refractivity contribution in [2.24, 2.45) is 0 Å². The van der Waals surface area contributed by atoms with Crippen LogP contribution in [0.2, 0.25) is 0 Å². The number of urea groups is 1. The molecule has 0 saturated heterocycles. The summed E-state index contributed by atoms with van der Waals surface area (Å²) in [4.78, 5) is 14.1. The molecule has 8 nitrogen and oxygen atoms in total. The first-order valence-corrected chi connectivity index (χ1v) is 10.1. The molecule has 0 fully saturated rings. The lowest BCUT2D eigenvalue weighted by molar-refractivity contribution is 0.184. The molecule has 2 amide bonds. The first-order valence-electron chi connectivity index (χ1n) is 8.32. The molecule has 0 aliphatic carbocycles. The highest BCUT2D eigenvalue weighted by atomic mass is 32.2. The van der Waals surface area contributed by atoms with Gasteiger partial charge in [0, 0.05) is 12.6 Å². The van der Waals surface area contributed by atoms with Crippen molar-refractivity contribution < 1.29 is 26.5 Å². The van der Waals surface area contributed by atoms with Gasteiger partial charge in [0.2, 0.25) is 0 Å². The van der Waals surface area contributed by atoms with E-state index in [1.807, 2.05) is 13.8 Å². The van der Waals surface area contributed by atoms with Crippen molar-refractivity contribution in [3.05, 3.63) is 47.9 Å². The molecule has 0 atom stereocenters. The van der Waals surface area contributed by atoms with Gasteiger partial charge in [-0.15, -0.1) is 0 Å². The van der Waals surface area contributed by atoms with Gasteiger partial charge >= 0.3 is 16.1 Å². The summed E-state index contributed by atoms with van der Waals surface area (Å²) in [7, 11) is -2.30. The van der Waals surface area contributed by atoms with E-state index in [9.17, 15) is 13.2 Å². The average Bonchev–Trinajstić information content (AvgIpc) is 3.05. The van der Waals surface area contributed by atoms with E-state index in [0.717, 1.165) is 6.26 Å². The largest absolute Gasteiger partial charge is 0.493 e. The molecular weight excluding hydrogens is 372 g/mol. The Balaban J connectivity index is 2.27. The topological polar surface area (TPSA) is 98.1 Å². The van der Waals surface area contributed by atoms with Crippen LogP contribution in [0.5, 0.6) is 11.5 Å². The molecule has 2 rings (SSSR count). The molecule has 1 N–H and O–H groups in total. The lowest BCUT2D eigenvalue weighted by atomic mass is 10.2. The fourth-order valence-electron chi connectivity index (χ4n) is 2.40. The third-order valence-electron chi connectivity index (χ3n) is 3.47. The van der Waals surface area contributed by atoms with Gasteiger partial charge in [0.05, 0.1) is 26.2 Å². The molecule has 0 saturated carbocycles. The Bertz CT molecular complexity index is 862. The van der Waals surface area contributed by atoms with Crippen molar-refractivity contribution in [1.82, 2.24) is 10.2 Å². The molecule has 9 heteroatoms. The van der Waals surface area contributed by atoms with Gasteiger partial charge in [0.25, 0.3) is 0 Å². The fraction of sp³-hybridized carbons (Fsp3) is 0.389. The van der Waals surface area contributed by atoms with Gasteiger partial charge in [0.15, 0.2) is 11.5 Å². The number of hydrogen-bond acceptors (Lipinski definition) is 6. The van der Waals surface area contributed by atoms with Crippen molar-refractivity contribution in [3.8, 4) is 11.5 Å². The van der Waals surface area contributed by atoms with E-state index in [0.29, 0.717) is 11.3 Å². The van der Waals surface area contributed by atoms with Crippen LogP contribution in [0.1, 0.15) is 25.2 Å². The monoisotopic (exact) mass is 396 g/mol. The van der Waals surface area contributed by atoms with Crippen molar-refractivity contribution in [3.63, 3.8) is 0 Å². The predicted molar refractivity (Wildman–Crippen MR) is 100 cm³/mol. The van der Waals surface area contributed by atoms with Gasteiger partial charge in [-0.1, -0.05) is 6.07 Å². The van der Waals surface area contributed by atoms with Gasteiger partial charge in [-0.05, 0) is 43.7 Å². The smallest absolute Gasteiger partial charge is 0.318 e. The summed E-state index contributed by atoms with van der Waals surface area (Å²) >= 11 is 0. The SMILES string of the molecule is COc1ccc(CN(Cc2ccco2)C(=O)NC(C)C)cc1OS(C)(=O)=O. The van der Waals surface area contributed by atoms with Crippen LogP contribution in [-0.2, 0) is 23.2 Å². The molecule has 2 aromatic rings. The van der Waals surface area contributed by atoms with Crippen LogP contribution in [0, 0.1) is 0 Å². The summed E-state index contributed by atoms with van der Waals surface area (Å²) < 4.78 is 38.4. The number of methoxy groups -OCH3 is 1. The molecule has 0 bridgehead atoms. The zero-order chi connectivity index (χ0) is 20.0. The molecule has 0 aliphatic rings. The Labute approximate surface area is 159 Å². The number of nitrogens with one attached hydrogen (secondary N) is 1. The Morgan fingerprint density at radius 1 is 1.22 bits per heavy atom. The van der Waals surface area contributed by atoms with Crippen LogP contribution >= 0.6 is 0 Å². The van der Waals surface area contributed by atoms with Crippen LogP contribution in [-0.4, -0.2) is 38.8 Å². The molecule has 0 aliphatic heterocycles. The zero-order valence-electron chi connectivity index (χ0n) is 15.8. The average molecular weight is 396 g/mol. The maximum absolute atomic E-state index is 12.5. The van der Waals surface area contributed by atoms with Crippen LogP contribution in [0.15, 0.2) is 41.0 Å². The van der Waals surface area contributed by atoms with E-state index in [1.54, 1.807) is 35.4 Å². The van der Waals surface area contributed by atoms with Gasteiger partial charge < -0.3 is 23.6 Å². The zero-order valence-corrected chi connectivity index (χ0v) is 16.6. The van der Waals surface area contributed by atoms with E-state index >= 15 is 0 Å². The summed E-state index contributed by atoms with van der Waals surface area (Å²) in [6.45, 7) is 4.23. The number of amides is 2. The minimum Gasteiger partial charge on any atom is -0.493 e. The Morgan fingerprint density at radius 2 is 1.96 bits per heavy atom. The number of nitrogens with zero attached hydrogens (tertiary/aromatic N) is 1. The molecule has 148 valence electrons. The number of ether oxygens (including phenoxy) is 1. The van der Waals surface area contributed by atoms with Crippen molar-refractivity contribution in [1.29, 1.82) is 0 Å². The minimum atomic E-state index is -3.72. The molecular formula is C18H24N2O6S. The number of hydrogen-bond donors (Lipinski definition) is 1. The lowest BCUT2D eigenvalue weighted by Crippen LogP contribution is -2.42. The Kier molecular flexibility index (Phi) is 6.73. The summed E-state index contributed by atoms with van der Waals surface area (Å²) in [5, 5.41) is 2.84. The van der Waals surface area contributed by atoms with Gasteiger partial charge in [-0.3, -0.25) is 0 Å². The second-order valence-electron chi connectivity index (χ2n) is 6.31. The highest BCUT2D eigenvalue weighted by molar-refractivity contribution is 7.86. The van der Waals surface area contributed by atoms with Crippen LogP contribution in [0.25, 0.3) is 0 Å². The highest BCUT2D eigenvalue weighted by Crippen LogP contribution is 2.29. The number of furan rings is 1. The number of carbonyl (C=O) groups is 1. The number of carbonyl (C=O) groups excluding carboxylic acids is 1. The molecule has 1 aromatic carbocycles. The van der Waals surface area contributed by atoms with E-state index in [-0.39, 0.29) is 36.7 Å². The second kappa shape index (κ2) is 8.81. The van der Waals surface area contributed by atoms with Gasteiger partial charge in [0.1, 0.15) is 5.76 Å². The highest BCUT2D eigenvalue weighted by Gasteiger charge is 2.18. The first kappa shape index (κ1) is 20.6. The van der Waals surface area contributed by atoms with Gasteiger partial charge in [-0.2, -0.15) is 8.42 Å². The fourth-order valence-corrected chi connectivity index (χ4v) is 2.85. The van der Waals surface area contributed by atoms with Crippen molar-refractivity contribution in [2.75, 3.05) is 13.4 Å². The van der Waals surface area contributed by atoms with Crippen molar-refractivity contribution in [2.45, 2.75) is 33.0 Å². The first-order chi connectivity index (χ1) is 12.7. The van der Waals surface area contributed by atoms with E-state index < -0.39 is 10.1 Å². The quantitative estimate of drug-likeness (QED) is 0.689. The molecule has 0 spiro atoms. The normalized spacial score (nSPS) is 11.3. The Morgan fingerprint density at radius 3 is 2.52 bits per heavy atom. The summed E-state index contributed by atoms with van der Waals surface area (Å²) in [6.07, 6.45) is 2.50. The van der Waals surface area contributed by atoms with E-state index in [2.05, 4.69) is 5.32 Å². The number of benzene rings is 1. The Hall–Kier alpha value is -2.68. The predicted octanol–water partition coefficient (Wildman–Crippen LogP) is 2.75. The van der Waals surface area contributed by atoms with Crippen LogP contribution in [0.3, 0.4) is 0 Å². The maximum Gasteiger partial charge on any atom is 0.318 e. The third-order valence-corrected chi connectivity index (χ3v) is 3.95. The molecule has 1 heterocycles. The van der Waals surface area contributed by atoms with E-state index in [1.165, 1.54) is 13.2 Å². The lowest BCUT2D eigenvalue weighted by Gasteiger charge is -2.24. The van der Waals surface area contributed by atoms with E-state index in [4.69, 9.17) is 13.3 Å². The number of rotatable bonds is 8. The molecule has 27 heavy (non-hydrogen) atoms. The summed E-state index contributed by atoms with van der Waals surface area (Å²) in [5.74, 6) is 0.989. The van der Waals surface area contributed by atoms with Crippen molar-refractivity contribution >= 4 is 16.1 Å². The van der Waals surface area contributed by atoms with Gasteiger partial charge in [-0.25, -0.2) is 4.79 Å². The molecule has 0 radical (unpaired) electrons. The second-order valence-corrected chi connectivity index (χ2v) is 7.89. The molecule has 0 unspecified atom stereocenters. The standard InChI is InChI=1S/C18H24N2O6S/c1-13(2)19-18(21)20(12-15-6-5-9-25-15)11-14-7-8-16(24-3)17(10-14)26-27(4,22)23/h5-10,13H,11-12H2,1-4H3,(H,19,21). The minimum absolute atomic E-state index is 0.0309. The van der Waals surface area contributed by atoms with Crippen LogP contribution in [0.4, 0.5) is 4.79 Å². The summed E-state index contributed by atoms with van der Waals surface area (Å²) in [5.41, 5.74) is 0.680.